The van der Waals surface area contributed by atoms with Crippen LogP contribution in [0.3, 0.4) is 0 Å². The summed E-state index contributed by atoms with van der Waals surface area (Å²) >= 11 is 0. The second kappa shape index (κ2) is 6.43. The molecule has 4 saturated carbocycles. The molecule has 1 N–H and O–H groups in total. The lowest BCUT2D eigenvalue weighted by Crippen LogP contribution is -2.51. The number of rotatable bonds is 5. The first-order valence-electron chi connectivity index (χ1n) is 10.2. The summed E-state index contributed by atoms with van der Waals surface area (Å²) < 4.78 is 0. The van der Waals surface area contributed by atoms with Gasteiger partial charge in [0.2, 0.25) is 11.7 Å². The summed E-state index contributed by atoms with van der Waals surface area (Å²) in [5.41, 5.74) is 2.41. The summed E-state index contributed by atoms with van der Waals surface area (Å²) in [5, 5.41) is 15.8. The molecule has 0 aliphatic heterocycles. The molecule has 1 aromatic heterocycles. The van der Waals surface area contributed by atoms with Crippen LogP contribution in [0.4, 0.5) is 0 Å². The van der Waals surface area contributed by atoms with Gasteiger partial charge in [-0.25, -0.2) is 0 Å². The van der Waals surface area contributed by atoms with Crippen molar-refractivity contribution in [3.8, 4) is 11.4 Å². The van der Waals surface area contributed by atoms with Crippen molar-refractivity contribution < 1.29 is 4.79 Å². The number of nitrogens with one attached hydrogen (secondary N) is 1. The maximum atomic E-state index is 12.5. The highest BCUT2D eigenvalue weighted by Crippen LogP contribution is 2.59. The Hall–Kier alpha value is -2.24. The zero-order chi connectivity index (χ0) is 18.4. The fourth-order valence-electron chi connectivity index (χ4n) is 6.22. The van der Waals surface area contributed by atoms with Gasteiger partial charge in [-0.05, 0) is 79.4 Å². The van der Waals surface area contributed by atoms with Crippen LogP contribution in [0.1, 0.15) is 44.1 Å². The molecule has 1 amide bonds. The molecule has 0 atom stereocenters. The number of amides is 1. The van der Waals surface area contributed by atoms with Crippen molar-refractivity contribution in [1.29, 1.82) is 0 Å². The Morgan fingerprint density at radius 3 is 2.48 bits per heavy atom. The van der Waals surface area contributed by atoms with Crippen molar-refractivity contribution in [1.82, 2.24) is 25.5 Å². The second-order valence-corrected chi connectivity index (χ2v) is 9.15. The molecular weight excluding hydrogens is 338 g/mol. The van der Waals surface area contributed by atoms with Gasteiger partial charge in [-0.3, -0.25) is 4.79 Å². The van der Waals surface area contributed by atoms with E-state index in [-0.39, 0.29) is 12.5 Å². The van der Waals surface area contributed by atoms with E-state index in [0.717, 1.165) is 35.4 Å². The quantitative estimate of drug-likeness (QED) is 0.884. The van der Waals surface area contributed by atoms with E-state index in [9.17, 15) is 4.79 Å². The van der Waals surface area contributed by atoms with Gasteiger partial charge in [0.25, 0.3) is 0 Å². The topological polar surface area (TPSA) is 72.7 Å². The second-order valence-electron chi connectivity index (χ2n) is 9.15. The minimum Gasteiger partial charge on any atom is -0.354 e. The fraction of sp³-hybridized carbons (Fsp3) is 0.619. The molecule has 4 fully saturated rings. The molecular formula is C21H27N5O. The zero-order valence-corrected chi connectivity index (χ0v) is 15.9. The molecule has 6 nitrogen and oxygen atoms in total. The first-order chi connectivity index (χ1) is 13.1. The van der Waals surface area contributed by atoms with E-state index in [0.29, 0.717) is 11.2 Å². The smallest absolute Gasteiger partial charge is 0.243 e. The van der Waals surface area contributed by atoms with Gasteiger partial charge in [0.15, 0.2) is 0 Å². The Balaban J connectivity index is 1.20. The number of hydrogen-bond acceptors (Lipinski definition) is 4. The minimum absolute atomic E-state index is 0.0144. The van der Waals surface area contributed by atoms with Gasteiger partial charge in [-0.2, -0.15) is 4.80 Å². The van der Waals surface area contributed by atoms with Gasteiger partial charge >= 0.3 is 0 Å². The molecule has 4 aliphatic carbocycles. The van der Waals surface area contributed by atoms with Crippen molar-refractivity contribution in [3.63, 3.8) is 0 Å². The van der Waals surface area contributed by atoms with E-state index >= 15 is 0 Å². The van der Waals surface area contributed by atoms with Gasteiger partial charge < -0.3 is 5.32 Å². The van der Waals surface area contributed by atoms with Crippen molar-refractivity contribution in [3.05, 3.63) is 29.8 Å². The van der Waals surface area contributed by atoms with Gasteiger partial charge in [-0.15, -0.1) is 10.2 Å². The lowest BCUT2D eigenvalue weighted by atomic mass is 9.49. The average molecular weight is 365 g/mol. The highest BCUT2D eigenvalue weighted by atomic mass is 16.2. The normalized spacial score (nSPS) is 31.2. The third kappa shape index (κ3) is 3.26. The molecule has 4 bridgehead atoms. The van der Waals surface area contributed by atoms with Gasteiger partial charge in [0, 0.05) is 12.1 Å². The van der Waals surface area contributed by atoms with E-state index in [2.05, 4.69) is 20.7 Å². The van der Waals surface area contributed by atoms with Crippen LogP contribution in [0.25, 0.3) is 11.4 Å². The maximum absolute atomic E-state index is 12.5. The Morgan fingerprint density at radius 2 is 1.81 bits per heavy atom. The Labute approximate surface area is 159 Å². The maximum Gasteiger partial charge on any atom is 0.243 e. The van der Waals surface area contributed by atoms with E-state index < -0.39 is 0 Å². The van der Waals surface area contributed by atoms with Crippen LogP contribution >= 0.6 is 0 Å². The van der Waals surface area contributed by atoms with Crippen LogP contribution in [0.15, 0.2) is 24.3 Å². The number of hydrogen-bond donors (Lipinski definition) is 1. The van der Waals surface area contributed by atoms with Gasteiger partial charge in [0.05, 0.1) is 0 Å². The number of carbonyl (C=O) groups is 1. The van der Waals surface area contributed by atoms with Crippen molar-refractivity contribution in [2.75, 3.05) is 6.54 Å². The Bertz CT molecular complexity index is 822. The molecule has 6 heteroatoms. The van der Waals surface area contributed by atoms with Crippen LogP contribution in [-0.4, -0.2) is 32.7 Å². The first-order valence-corrected chi connectivity index (χ1v) is 10.2. The predicted molar refractivity (Wildman–Crippen MR) is 102 cm³/mol. The Morgan fingerprint density at radius 1 is 1.15 bits per heavy atom. The predicted octanol–water partition coefficient (Wildman–Crippen LogP) is 2.98. The van der Waals surface area contributed by atoms with E-state index in [4.69, 9.17) is 0 Å². The zero-order valence-electron chi connectivity index (χ0n) is 15.9. The summed E-state index contributed by atoms with van der Waals surface area (Å²) in [5.74, 6) is 3.27. The van der Waals surface area contributed by atoms with Crippen molar-refractivity contribution >= 4 is 5.91 Å². The van der Waals surface area contributed by atoms with Crippen LogP contribution in [-0.2, 0) is 11.3 Å². The molecule has 1 heterocycles. The van der Waals surface area contributed by atoms with E-state index in [1.807, 2.05) is 31.2 Å². The van der Waals surface area contributed by atoms with E-state index in [1.54, 1.807) is 0 Å². The molecule has 4 aliphatic rings. The highest BCUT2D eigenvalue weighted by molar-refractivity contribution is 5.75. The molecule has 0 radical (unpaired) electrons. The molecule has 0 saturated heterocycles. The highest BCUT2D eigenvalue weighted by Gasteiger charge is 2.50. The molecule has 2 aromatic rings. The lowest BCUT2D eigenvalue weighted by molar-refractivity contribution is -0.124. The number of aryl methyl sites for hydroxylation is 1. The average Bonchev–Trinajstić information content (AvgIpc) is 3.07. The molecule has 0 unspecified atom stereocenters. The standard InChI is InChI=1S/C21H27N5O/c1-14-4-2-3-5-18(14)20-23-25-26(24-20)12-19(27)22-13-21-9-15-6-16(10-21)8-17(7-15)11-21/h2-5,15-17H,6-13H2,1H3,(H,22,27). The van der Waals surface area contributed by atoms with Crippen LogP contribution < -0.4 is 5.32 Å². The lowest BCUT2D eigenvalue weighted by Gasteiger charge is -2.56. The van der Waals surface area contributed by atoms with Crippen LogP contribution in [0.5, 0.6) is 0 Å². The summed E-state index contributed by atoms with van der Waals surface area (Å²) in [6, 6.07) is 7.94. The van der Waals surface area contributed by atoms with Crippen molar-refractivity contribution in [2.24, 2.45) is 23.2 Å². The summed E-state index contributed by atoms with van der Waals surface area (Å²) in [6.07, 6.45) is 8.20. The fourth-order valence-corrected chi connectivity index (χ4v) is 6.22. The third-order valence-electron chi connectivity index (χ3n) is 6.95. The molecule has 0 spiro atoms. The van der Waals surface area contributed by atoms with Gasteiger partial charge in [0.1, 0.15) is 6.54 Å². The number of aromatic nitrogens is 4. The molecule has 142 valence electrons. The van der Waals surface area contributed by atoms with Crippen molar-refractivity contribution in [2.45, 2.75) is 52.0 Å². The SMILES string of the molecule is Cc1ccccc1-c1nnn(CC(=O)NCC23CC4CC(CC(C4)C2)C3)n1. The third-order valence-corrected chi connectivity index (χ3v) is 6.95. The van der Waals surface area contributed by atoms with Gasteiger partial charge in [-0.1, -0.05) is 24.3 Å². The van der Waals surface area contributed by atoms with Crippen LogP contribution in [0, 0.1) is 30.1 Å². The minimum atomic E-state index is -0.0144. The first kappa shape index (κ1) is 16.9. The Kier molecular flexibility index (Phi) is 4.02. The molecule has 6 rings (SSSR count). The number of tetrazole rings is 1. The number of nitrogens with zero attached hydrogens (tertiary/aromatic N) is 4. The van der Waals surface area contributed by atoms with Crippen LogP contribution in [0.2, 0.25) is 0 Å². The summed E-state index contributed by atoms with van der Waals surface area (Å²) in [7, 11) is 0. The summed E-state index contributed by atoms with van der Waals surface area (Å²) in [4.78, 5) is 13.9. The number of carbonyl (C=O) groups excluding carboxylic acids is 1. The number of benzene rings is 1. The molecule has 1 aromatic carbocycles. The van der Waals surface area contributed by atoms with E-state index in [1.165, 1.54) is 43.3 Å². The largest absolute Gasteiger partial charge is 0.354 e. The molecule has 27 heavy (non-hydrogen) atoms. The summed E-state index contributed by atoms with van der Waals surface area (Å²) in [6.45, 7) is 2.97. The monoisotopic (exact) mass is 365 g/mol.